The molecule has 1 atom stereocenters. The quantitative estimate of drug-likeness (QED) is 0.754. The minimum atomic E-state index is -0.995. The number of hydrogen-bond acceptors (Lipinski definition) is 4. The summed E-state index contributed by atoms with van der Waals surface area (Å²) in [5.41, 5.74) is 7.16. The second-order valence-corrected chi connectivity index (χ2v) is 4.17. The number of para-hydroxylation sites is 1. The van der Waals surface area contributed by atoms with Crippen molar-refractivity contribution >= 4 is 17.3 Å². The van der Waals surface area contributed by atoms with Crippen LogP contribution in [0, 0.1) is 0 Å². The Morgan fingerprint density at radius 1 is 1.59 bits per heavy atom. The SMILES string of the molecule is CC1CN(c2cccc(C(=O)O)c2N)CCO1. The van der Waals surface area contributed by atoms with E-state index >= 15 is 0 Å². The Labute approximate surface area is 99.8 Å². The Balaban J connectivity index is 2.32. The smallest absolute Gasteiger partial charge is 0.337 e. The second-order valence-electron chi connectivity index (χ2n) is 4.17. The summed E-state index contributed by atoms with van der Waals surface area (Å²) in [5, 5.41) is 9.02. The van der Waals surface area contributed by atoms with Gasteiger partial charge in [-0.05, 0) is 19.1 Å². The van der Waals surface area contributed by atoms with Crippen molar-refractivity contribution in [1.29, 1.82) is 0 Å². The number of morpholine rings is 1. The van der Waals surface area contributed by atoms with Crippen LogP contribution in [0.3, 0.4) is 0 Å². The van der Waals surface area contributed by atoms with Crippen molar-refractivity contribution in [2.75, 3.05) is 30.3 Å². The zero-order valence-corrected chi connectivity index (χ0v) is 9.72. The lowest BCUT2D eigenvalue weighted by Crippen LogP contribution is -2.41. The highest BCUT2D eigenvalue weighted by Gasteiger charge is 2.20. The average molecular weight is 236 g/mol. The Bertz CT molecular complexity index is 434. The molecule has 0 spiro atoms. The van der Waals surface area contributed by atoms with E-state index in [-0.39, 0.29) is 11.7 Å². The summed E-state index contributed by atoms with van der Waals surface area (Å²) in [6.07, 6.45) is 0.136. The van der Waals surface area contributed by atoms with E-state index in [9.17, 15) is 4.79 Å². The minimum absolute atomic E-state index is 0.136. The van der Waals surface area contributed by atoms with Crippen LogP contribution in [0.1, 0.15) is 17.3 Å². The molecular formula is C12H16N2O3. The first-order valence-electron chi connectivity index (χ1n) is 5.58. The molecule has 0 radical (unpaired) electrons. The number of nitrogens with zero attached hydrogens (tertiary/aromatic N) is 1. The highest BCUT2D eigenvalue weighted by atomic mass is 16.5. The van der Waals surface area contributed by atoms with Crippen LogP contribution in [0.25, 0.3) is 0 Å². The minimum Gasteiger partial charge on any atom is -0.478 e. The molecule has 0 aromatic heterocycles. The van der Waals surface area contributed by atoms with Gasteiger partial charge in [0.25, 0.3) is 0 Å². The predicted octanol–water partition coefficient (Wildman–Crippen LogP) is 1.19. The van der Waals surface area contributed by atoms with Gasteiger partial charge in [0.1, 0.15) is 0 Å². The summed E-state index contributed by atoms with van der Waals surface area (Å²) < 4.78 is 5.45. The number of nitrogen functional groups attached to an aromatic ring is 1. The second kappa shape index (κ2) is 4.63. The van der Waals surface area contributed by atoms with Gasteiger partial charge in [0, 0.05) is 13.1 Å². The van der Waals surface area contributed by atoms with Crippen LogP contribution in [0.2, 0.25) is 0 Å². The number of aromatic carboxylic acids is 1. The first kappa shape index (κ1) is 11.7. The number of benzene rings is 1. The summed E-state index contributed by atoms with van der Waals surface area (Å²) >= 11 is 0. The topological polar surface area (TPSA) is 75.8 Å². The van der Waals surface area contributed by atoms with Gasteiger partial charge in [-0.3, -0.25) is 0 Å². The van der Waals surface area contributed by atoms with Crippen LogP contribution in [0.4, 0.5) is 11.4 Å². The highest BCUT2D eigenvalue weighted by Crippen LogP contribution is 2.28. The van der Waals surface area contributed by atoms with Gasteiger partial charge in [-0.2, -0.15) is 0 Å². The lowest BCUT2D eigenvalue weighted by atomic mass is 10.1. The maximum absolute atomic E-state index is 11.0. The first-order chi connectivity index (χ1) is 8.09. The van der Waals surface area contributed by atoms with Crippen LogP contribution in [0.15, 0.2) is 18.2 Å². The summed E-state index contributed by atoms with van der Waals surface area (Å²) in [6, 6.07) is 5.08. The van der Waals surface area contributed by atoms with E-state index in [4.69, 9.17) is 15.6 Å². The largest absolute Gasteiger partial charge is 0.478 e. The third-order valence-electron chi connectivity index (χ3n) is 2.90. The Kier molecular flexibility index (Phi) is 3.19. The van der Waals surface area contributed by atoms with Crippen molar-refractivity contribution < 1.29 is 14.6 Å². The molecule has 5 heteroatoms. The molecule has 0 bridgehead atoms. The lowest BCUT2D eigenvalue weighted by Gasteiger charge is -2.33. The van der Waals surface area contributed by atoms with Crippen LogP contribution in [-0.2, 0) is 4.74 Å². The first-order valence-corrected chi connectivity index (χ1v) is 5.58. The number of carbonyl (C=O) groups is 1. The fourth-order valence-corrected chi connectivity index (χ4v) is 2.05. The summed E-state index contributed by atoms with van der Waals surface area (Å²) in [4.78, 5) is 13.1. The van der Waals surface area contributed by atoms with Gasteiger partial charge in [0.15, 0.2) is 0 Å². The van der Waals surface area contributed by atoms with Gasteiger partial charge < -0.3 is 20.5 Å². The molecule has 1 heterocycles. The average Bonchev–Trinajstić information content (AvgIpc) is 2.29. The number of carboxylic acids is 1. The van der Waals surface area contributed by atoms with E-state index < -0.39 is 5.97 Å². The molecule has 17 heavy (non-hydrogen) atoms. The van der Waals surface area contributed by atoms with Gasteiger partial charge in [-0.25, -0.2) is 4.79 Å². The van der Waals surface area contributed by atoms with Gasteiger partial charge in [0.05, 0.1) is 29.6 Å². The number of carboxylic acid groups (broad SMARTS) is 1. The number of ether oxygens (including phenoxy) is 1. The van der Waals surface area contributed by atoms with Crippen LogP contribution in [-0.4, -0.2) is 36.9 Å². The summed E-state index contributed by atoms with van der Waals surface area (Å²) in [6.45, 7) is 4.09. The van der Waals surface area contributed by atoms with Gasteiger partial charge in [-0.15, -0.1) is 0 Å². The Hall–Kier alpha value is -1.75. The van der Waals surface area contributed by atoms with E-state index in [1.165, 1.54) is 6.07 Å². The maximum atomic E-state index is 11.0. The van der Waals surface area contributed by atoms with E-state index in [1.54, 1.807) is 6.07 Å². The Morgan fingerprint density at radius 3 is 3.00 bits per heavy atom. The lowest BCUT2D eigenvalue weighted by molar-refractivity contribution is 0.0533. The highest BCUT2D eigenvalue weighted by molar-refractivity contribution is 5.97. The van der Waals surface area contributed by atoms with Crippen molar-refractivity contribution in [2.45, 2.75) is 13.0 Å². The number of anilines is 2. The summed E-state index contributed by atoms with van der Waals surface area (Å²) in [5.74, 6) is -0.995. The predicted molar refractivity (Wildman–Crippen MR) is 65.4 cm³/mol. The van der Waals surface area contributed by atoms with E-state index in [2.05, 4.69) is 4.90 Å². The zero-order valence-electron chi connectivity index (χ0n) is 9.72. The monoisotopic (exact) mass is 236 g/mol. The molecular weight excluding hydrogens is 220 g/mol. The molecule has 0 saturated carbocycles. The number of hydrogen-bond donors (Lipinski definition) is 2. The van der Waals surface area contributed by atoms with E-state index in [1.807, 2.05) is 13.0 Å². The molecule has 1 aromatic rings. The standard InChI is InChI=1S/C12H16N2O3/c1-8-7-14(5-6-17-8)10-4-2-3-9(11(10)13)12(15)16/h2-4,8H,5-7,13H2,1H3,(H,15,16). The van der Waals surface area contributed by atoms with E-state index in [0.717, 1.165) is 18.8 Å². The van der Waals surface area contributed by atoms with Crippen LogP contribution >= 0.6 is 0 Å². The van der Waals surface area contributed by atoms with Crippen molar-refractivity contribution in [3.8, 4) is 0 Å². The molecule has 1 saturated heterocycles. The van der Waals surface area contributed by atoms with E-state index in [0.29, 0.717) is 12.3 Å². The molecule has 1 aliphatic heterocycles. The molecule has 5 nitrogen and oxygen atoms in total. The Morgan fingerprint density at radius 2 is 2.35 bits per heavy atom. The molecule has 0 aliphatic carbocycles. The van der Waals surface area contributed by atoms with Crippen molar-refractivity contribution in [2.24, 2.45) is 0 Å². The molecule has 1 aromatic carbocycles. The molecule has 1 unspecified atom stereocenters. The molecule has 2 rings (SSSR count). The molecule has 92 valence electrons. The molecule has 1 aliphatic rings. The fourth-order valence-electron chi connectivity index (χ4n) is 2.05. The van der Waals surface area contributed by atoms with Gasteiger partial charge >= 0.3 is 5.97 Å². The third kappa shape index (κ3) is 2.34. The molecule has 1 fully saturated rings. The summed E-state index contributed by atoms with van der Waals surface area (Å²) in [7, 11) is 0. The fraction of sp³-hybridized carbons (Fsp3) is 0.417. The van der Waals surface area contributed by atoms with Gasteiger partial charge in [-0.1, -0.05) is 6.07 Å². The van der Waals surface area contributed by atoms with Crippen LogP contribution < -0.4 is 10.6 Å². The normalized spacial score (nSPS) is 20.3. The van der Waals surface area contributed by atoms with Crippen LogP contribution in [0.5, 0.6) is 0 Å². The molecule has 3 N–H and O–H groups in total. The van der Waals surface area contributed by atoms with Crippen molar-refractivity contribution in [3.05, 3.63) is 23.8 Å². The maximum Gasteiger partial charge on any atom is 0.337 e. The van der Waals surface area contributed by atoms with Gasteiger partial charge in [0.2, 0.25) is 0 Å². The zero-order chi connectivity index (χ0) is 12.4. The van der Waals surface area contributed by atoms with Crippen molar-refractivity contribution in [3.63, 3.8) is 0 Å². The number of nitrogens with two attached hydrogens (primary N) is 1. The molecule has 0 amide bonds. The third-order valence-corrected chi connectivity index (χ3v) is 2.90. The number of rotatable bonds is 2. The van der Waals surface area contributed by atoms with Crippen molar-refractivity contribution in [1.82, 2.24) is 0 Å².